The third-order valence-corrected chi connectivity index (χ3v) is 2.54. The van der Waals surface area contributed by atoms with Gasteiger partial charge >= 0.3 is 12.1 Å². The van der Waals surface area contributed by atoms with Crippen LogP contribution in [0.15, 0.2) is 0 Å². The molecule has 0 aliphatic rings. The monoisotopic (exact) mass is 310 g/mol. The third kappa shape index (κ3) is 10.9. The number of unbranched alkanes of at least 4 members (excludes halogenated alkanes) is 3. The van der Waals surface area contributed by atoms with Crippen LogP contribution in [0.3, 0.4) is 0 Å². The summed E-state index contributed by atoms with van der Waals surface area (Å²) in [4.78, 5) is 26.1. The van der Waals surface area contributed by atoms with Crippen LogP contribution in [0.25, 0.3) is 0 Å². The summed E-state index contributed by atoms with van der Waals surface area (Å²) in [7, 11) is 0. The van der Waals surface area contributed by atoms with Crippen molar-refractivity contribution >= 4 is 12.1 Å². The second-order valence-corrected chi connectivity index (χ2v) is 4.29. The first kappa shape index (κ1) is 19.5. The number of carboxylic acids is 1. The van der Waals surface area contributed by atoms with Crippen molar-refractivity contribution in [3.63, 3.8) is 0 Å². The molecule has 0 spiro atoms. The Morgan fingerprint density at radius 2 is 1.71 bits per heavy atom. The van der Waals surface area contributed by atoms with E-state index < -0.39 is 24.3 Å². The maximum absolute atomic E-state index is 11.2. The second-order valence-electron chi connectivity index (χ2n) is 4.29. The van der Waals surface area contributed by atoms with E-state index in [2.05, 4.69) is 4.84 Å². The van der Waals surface area contributed by atoms with Gasteiger partial charge in [0.25, 0.3) is 0 Å². The van der Waals surface area contributed by atoms with E-state index in [1.54, 1.807) is 0 Å². The lowest BCUT2D eigenvalue weighted by Gasteiger charge is -2.16. The summed E-state index contributed by atoms with van der Waals surface area (Å²) in [6.07, 6.45) is 0.776. The first-order valence-electron chi connectivity index (χ1n) is 6.47. The Morgan fingerprint density at radius 1 is 1.14 bits per heavy atom. The fourth-order valence-corrected chi connectivity index (χ4v) is 1.32. The van der Waals surface area contributed by atoms with Crippen molar-refractivity contribution < 1.29 is 39.4 Å². The molecule has 0 amide bonds. The van der Waals surface area contributed by atoms with Crippen molar-refractivity contribution in [3.05, 3.63) is 0 Å². The molecule has 21 heavy (non-hydrogen) atoms. The lowest BCUT2D eigenvalue weighted by Crippen LogP contribution is -2.42. The number of ether oxygens (including phenoxy) is 2. The summed E-state index contributed by atoms with van der Waals surface area (Å²) in [5.74, 6) is -1.26. The van der Waals surface area contributed by atoms with Crippen LogP contribution in [-0.2, 0) is 19.1 Å². The minimum atomic E-state index is -1.30. The van der Waals surface area contributed by atoms with Gasteiger partial charge in [0.1, 0.15) is 12.1 Å². The minimum absolute atomic E-state index is 0.140. The topological polar surface area (TPSA) is 152 Å². The molecule has 0 saturated carbocycles. The maximum Gasteiger partial charge on any atom is 0.508 e. The molecule has 0 aromatic carbocycles. The summed E-state index contributed by atoms with van der Waals surface area (Å²) < 4.78 is 9.46. The summed E-state index contributed by atoms with van der Waals surface area (Å²) in [5, 5.41) is 24.8. The van der Waals surface area contributed by atoms with Crippen LogP contribution in [0.1, 0.15) is 32.6 Å². The van der Waals surface area contributed by atoms with Crippen LogP contribution in [0, 0.1) is 0 Å². The van der Waals surface area contributed by atoms with E-state index in [1.807, 2.05) is 0 Å². The Hall–Kier alpha value is -1.46. The molecule has 0 aliphatic carbocycles. The maximum atomic E-state index is 11.2. The van der Waals surface area contributed by atoms with Gasteiger partial charge in [0.05, 0.1) is 18.6 Å². The van der Waals surface area contributed by atoms with Crippen molar-refractivity contribution in [1.82, 2.24) is 5.39 Å². The molecule has 0 aromatic rings. The number of aliphatic carboxylic acids is 1. The largest absolute Gasteiger partial charge is 0.508 e. The molecule has 5 N–H and O–H groups in total. The van der Waals surface area contributed by atoms with Gasteiger partial charge in [0, 0.05) is 0 Å². The Morgan fingerprint density at radius 3 is 2.24 bits per heavy atom. The first-order valence-corrected chi connectivity index (χ1v) is 6.47. The van der Waals surface area contributed by atoms with E-state index in [0.29, 0.717) is 12.8 Å². The highest BCUT2D eigenvalue weighted by molar-refractivity contribution is 5.74. The Bertz CT molecular complexity index is 313. The number of rotatable bonds is 11. The van der Waals surface area contributed by atoms with Crippen molar-refractivity contribution in [2.45, 2.75) is 44.8 Å². The summed E-state index contributed by atoms with van der Waals surface area (Å²) in [6, 6.07) is -1.30. The normalized spacial score (nSPS) is 13.8. The van der Waals surface area contributed by atoms with E-state index in [9.17, 15) is 9.59 Å². The number of carbonyl (C=O) groups excluding carboxylic acids is 1. The number of hydrogen-bond donors (Lipinski definition) is 4. The van der Waals surface area contributed by atoms with Gasteiger partial charge in [-0.05, 0) is 26.2 Å². The Labute approximate surface area is 121 Å². The van der Waals surface area contributed by atoms with Gasteiger partial charge < -0.3 is 20.3 Å². The van der Waals surface area contributed by atoms with E-state index in [-0.39, 0.29) is 18.6 Å². The smallest absolute Gasteiger partial charge is 0.480 e. The van der Waals surface area contributed by atoms with E-state index in [1.165, 1.54) is 6.92 Å². The molecule has 0 bridgehead atoms. The van der Waals surface area contributed by atoms with Crippen LogP contribution < -0.4 is 5.73 Å². The van der Waals surface area contributed by atoms with Crippen molar-refractivity contribution in [2.75, 3.05) is 13.2 Å². The number of hydrogen-bond acceptors (Lipinski definition) is 9. The lowest BCUT2D eigenvalue weighted by molar-refractivity contribution is -0.492. The number of carboxylic acid groups (broad SMARTS) is 1. The number of carbonyl (C=O) groups is 2. The molecule has 0 fully saturated rings. The first-order chi connectivity index (χ1) is 9.84. The van der Waals surface area contributed by atoms with Gasteiger partial charge in [-0.15, -0.1) is 0 Å². The molecule has 0 aromatic heterocycles. The highest BCUT2D eigenvalue weighted by atomic mass is 17.1. The SMILES string of the molecule is CC(OC(=O)OCCCCCCON(O)O)C(N)C(=O)O. The Kier molecular flexibility index (Phi) is 10.4. The highest BCUT2D eigenvalue weighted by Gasteiger charge is 2.24. The van der Waals surface area contributed by atoms with Gasteiger partial charge in [-0.25, -0.2) is 4.79 Å². The van der Waals surface area contributed by atoms with Crippen LogP contribution in [0.5, 0.6) is 0 Å². The average molecular weight is 310 g/mol. The van der Waals surface area contributed by atoms with Crippen molar-refractivity contribution in [2.24, 2.45) is 5.73 Å². The van der Waals surface area contributed by atoms with Crippen LogP contribution in [-0.4, -0.2) is 58.4 Å². The zero-order valence-electron chi connectivity index (χ0n) is 11.8. The summed E-state index contributed by atoms with van der Waals surface area (Å²) in [5.41, 5.74) is 5.27. The number of nitrogens with zero attached hydrogens (tertiary/aromatic N) is 1. The standard InChI is InChI=1S/C11H22N2O8/c1-8(9(12)10(14)15)21-11(16)19-6-4-2-3-5-7-20-13(17)18/h8-9,17-18H,2-7,12H2,1H3,(H,14,15). The van der Waals surface area contributed by atoms with Gasteiger partial charge in [-0.3, -0.25) is 20.0 Å². The molecule has 2 atom stereocenters. The summed E-state index contributed by atoms with van der Waals surface area (Å²) in [6.45, 7) is 1.67. The fourth-order valence-electron chi connectivity index (χ4n) is 1.32. The van der Waals surface area contributed by atoms with Crippen LogP contribution in [0.4, 0.5) is 4.79 Å². The van der Waals surface area contributed by atoms with E-state index >= 15 is 0 Å². The van der Waals surface area contributed by atoms with Crippen molar-refractivity contribution in [1.29, 1.82) is 0 Å². The molecule has 124 valence electrons. The molecule has 0 saturated heterocycles. The Balaban J connectivity index is 3.52. The zero-order chi connectivity index (χ0) is 16.3. The molecule has 10 nitrogen and oxygen atoms in total. The van der Waals surface area contributed by atoms with Crippen LogP contribution in [0.2, 0.25) is 0 Å². The average Bonchev–Trinajstić information content (AvgIpc) is 2.40. The fraction of sp³-hybridized carbons (Fsp3) is 0.818. The van der Waals surface area contributed by atoms with E-state index in [4.69, 9.17) is 30.7 Å². The minimum Gasteiger partial charge on any atom is -0.480 e. The molecule has 0 rings (SSSR count). The molecule has 10 heteroatoms. The quantitative estimate of drug-likeness (QED) is 0.241. The highest BCUT2D eigenvalue weighted by Crippen LogP contribution is 2.03. The second kappa shape index (κ2) is 11.2. The van der Waals surface area contributed by atoms with Gasteiger partial charge in [-0.1, -0.05) is 6.42 Å². The molecule has 2 unspecified atom stereocenters. The molecular weight excluding hydrogens is 288 g/mol. The van der Waals surface area contributed by atoms with Crippen molar-refractivity contribution in [3.8, 4) is 0 Å². The molecule has 0 heterocycles. The van der Waals surface area contributed by atoms with Gasteiger partial charge in [0.2, 0.25) is 0 Å². The van der Waals surface area contributed by atoms with Gasteiger partial charge in [-0.2, -0.15) is 0 Å². The third-order valence-electron chi connectivity index (χ3n) is 2.54. The predicted molar refractivity (Wildman–Crippen MR) is 67.3 cm³/mol. The molecule has 0 radical (unpaired) electrons. The zero-order valence-corrected chi connectivity index (χ0v) is 11.8. The molecular formula is C11H22N2O8. The lowest BCUT2D eigenvalue weighted by atomic mass is 10.2. The van der Waals surface area contributed by atoms with Gasteiger partial charge in [0.15, 0.2) is 0 Å². The predicted octanol–water partition coefficient (Wildman–Crippen LogP) is 0.512. The van der Waals surface area contributed by atoms with Crippen LogP contribution >= 0.6 is 0 Å². The van der Waals surface area contributed by atoms with E-state index in [0.717, 1.165) is 12.8 Å². The number of nitrogens with two attached hydrogens (primary N) is 1. The molecule has 0 aliphatic heterocycles. The summed E-state index contributed by atoms with van der Waals surface area (Å²) >= 11 is 0.